The summed E-state index contributed by atoms with van der Waals surface area (Å²) in [6.45, 7) is 10.3. The smallest absolute Gasteiger partial charge is 0.150 e. The average Bonchev–Trinajstić information content (AvgIpc) is 3.26. The number of ether oxygens (including phenoxy) is 1. The molecular weight excluding hydrogens is 458 g/mol. The lowest BCUT2D eigenvalue weighted by Crippen LogP contribution is -2.25. The van der Waals surface area contributed by atoms with E-state index in [2.05, 4.69) is 89.6 Å². The first kappa shape index (κ1) is 27.9. The number of fused-ring (bicyclic) bond motifs is 1. The molecule has 0 saturated carbocycles. The van der Waals surface area contributed by atoms with Crippen molar-refractivity contribution in [3.63, 3.8) is 0 Å². The molecule has 1 N–H and O–H groups in total. The minimum atomic E-state index is 0.527. The first-order valence-electron chi connectivity index (χ1n) is 12.6. The van der Waals surface area contributed by atoms with Gasteiger partial charge in [-0.2, -0.15) is 0 Å². The van der Waals surface area contributed by atoms with Gasteiger partial charge in [0.15, 0.2) is 0 Å². The van der Waals surface area contributed by atoms with Crippen molar-refractivity contribution < 1.29 is 9.53 Å². The molecule has 0 atom stereocenters. The number of carbonyl (C=O) groups excluding carboxylic acids is 1. The van der Waals surface area contributed by atoms with Gasteiger partial charge < -0.3 is 19.5 Å². The van der Waals surface area contributed by atoms with Gasteiger partial charge in [-0.25, -0.2) is 0 Å². The number of aromatic nitrogens is 1. The molecule has 0 unspecified atom stereocenters. The van der Waals surface area contributed by atoms with Crippen LogP contribution in [0.1, 0.15) is 41.3 Å². The number of nitrogens with one attached hydrogen (secondary N) is 1. The third-order valence-corrected chi connectivity index (χ3v) is 6.20. The van der Waals surface area contributed by atoms with E-state index in [9.17, 15) is 4.79 Å². The van der Waals surface area contributed by atoms with Crippen LogP contribution in [-0.2, 0) is 11.2 Å². The molecule has 0 radical (unpaired) electrons. The summed E-state index contributed by atoms with van der Waals surface area (Å²) in [5.41, 5.74) is 7.54. The first-order chi connectivity index (χ1) is 17.9. The van der Waals surface area contributed by atoms with Crippen molar-refractivity contribution in [3.8, 4) is 5.69 Å². The Morgan fingerprint density at radius 1 is 1.05 bits per heavy atom. The molecule has 5 nitrogen and oxygen atoms in total. The Kier molecular flexibility index (Phi) is 10.2. The van der Waals surface area contributed by atoms with Gasteiger partial charge in [-0.05, 0) is 73.0 Å². The molecule has 0 aliphatic carbocycles. The van der Waals surface area contributed by atoms with Crippen molar-refractivity contribution in [2.75, 3.05) is 39.7 Å². The van der Waals surface area contributed by atoms with Crippen LogP contribution in [0, 0.1) is 0 Å². The number of benzene rings is 3. The van der Waals surface area contributed by atoms with Crippen molar-refractivity contribution in [3.05, 3.63) is 108 Å². The van der Waals surface area contributed by atoms with Gasteiger partial charge in [-0.15, -0.1) is 0 Å². The molecule has 0 spiro atoms. The van der Waals surface area contributed by atoms with E-state index in [-0.39, 0.29) is 0 Å². The Bertz CT molecular complexity index is 1290. The minimum Gasteiger partial charge on any atom is -0.388 e. The number of para-hydroxylation sites is 1. The maximum absolute atomic E-state index is 11.4. The number of anilines is 1. The van der Waals surface area contributed by atoms with E-state index in [4.69, 9.17) is 0 Å². The standard InChI is InChI=1S/C30H33N3O.C2H6O/c1-22(2)25-11-13-27(14-12-25)31-23(3)19-32(4)17-16-26-20-33(28-8-6-5-7-9-28)30-15-10-24(21-34)18-29(26)30;1-3-2/h5-15,18,20-22,31H,3,16-17,19H2,1-2,4H3;1-2H3. The SMILES string of the molecule is C=C(CN(C)CCc1cn(-c2ccccc2)c2ccc(C=O)cc12)Nc1ccc(C(C)C)cc1.COC. The topological polar surface area (TPSA) is 46.5 Å². The molecule has 37 heavy (non-hydrogen) atoms. The molecule has 3 aromatic carbocycles. The summed E-state index contributed by atoms with van der Waals surface area (Å²) in [4.78, 5) is 13.7. The van der Waals surface area contributed by atoms with Crippen LogP contribution >= 0.6 is 0 Å². The van der Waals surface area contributed by atoms with Gasteiger partial charge in [0.1, 0.15) is 6.29 Å². The second-order valence-corrected chi connectivity index (χ2v) is 9.66. The number of methoxy groups -OCH3 is 1. The highest BCUT2D eigenvalue weighted by atomic mass is 16.4. The summed E-state index contributed by atoms with van der Waals surface area (Å²) in [6, 6.07) is 24.8. The molecule has 1 aromatic heterocycles. The van der Waals surface area contributed by atoms with Crippen molar-refractivity contribution >= 4 is 22.9 Å². The summed E-state index contributed by atoms with van der Waals surface area (Å²) >= 11 is 0. The Labute approximate surface area is 221 Å². The van der Waals surface area contributed by atoms with E-state index in [1.807, 2.05) is 36.4 Å². The van der Waals surface area contributed by atoms with Gasteiger partial charge in [0.05, 0.1) is 5.52 Å². The van der Waals surface area contributed by atoms with Gasteiger partial charge >= 0.3 is 0 Å². The summed E-state index contributed by atoms with van der Waals surface area (Å²) in [5.74, 6) is 0.527. The van der Waals surface area contributed by atoms with Crippen LogP contribution in [0.2, 0.25) is 0 Å². The Morgan fingerprint density at radius 3 is 2.35 bits per heavy atom. The van der Waals surface area contributed by atoms with Crippen LogP contribution in [0.15, 0.2) is 91.3 Å². The van der Waals surface area contributed by atoms with Crippen molar-refractivity contribution in [2.24, 2.45) is 0 Å². The van der Waals surface area contributed by atoms with E-state index >= 15 is 0 Å². The number of aldehydes is 1. The maximum atomic E-state index is 11.4. The van der Waals surface area contributed by atoms with E-state index < -0.39 is 0 Å². The lowest BCUT2D eigenvalue weighted by molar-refractivity contribution is 0.112. The highest BCUT2D eigenvalue weighted by Crippen LogP contribution is 2.26. The third-order valence-electron chi connectivity index (χ3n) is 6.20. The van der Waals surface area contributed by atoms with Crippen LogP contribution in [0.4, 0.5) is 5.69 Å². The van der Waals surface area contributed by atoms with E-state index in [0.29, 0.717) is 11.5 Å². The van der Waals surface area contributed by atoms with Crippen LogP contribution in [0.3, 0.4) is 0 Å². The summed E-state index contributed by atoms with van der Waals surface area (Å²) < 4.78 is 6.46. The lowest BCUT2D eigenvalue weighted by Gasteiger charge is -2.19. The fraction of sp³-hybridized carbons (Fsp3) is 0.281. The molecule has 4 rings (SSSR count). The Balaban J connectivity index is 0.00000121. The average molecular weight is 498 g/mol. The number of nitrogens with zero attached hydrogens (tertiary/aromatic N) is 2. The molecule has 0 aliphatic heterocycles. The zero-order valence-electron chi connectivity index (χ0n) is 22.7. The number of rotatable bonds is 10. The van der Waals surface area contributed by atoms with Gasteiger partial charge in [0.25, 0.3) is 0 Å². The molecule has 5 heteroatoms. The second-order valence-electron chi connectivity index (χ2n) is 9.66. The first-order valence-corrected chi connectivity index (χ1v) is 12.6. The predicted molar refractivity (Wildman–Crippen MR) is 156 cm³/mol. The molecule has 0 amide bonds. The highest BCUT2D eigenvalue weighted by Gasteiger charge is 2.12. The minimum absolute atomic E-state index is 0.527. The van der Waals surface area contributed by atoms with Crippen LogP contribution in [-0.4, -0.2) is 50.1 Å². The van der Waals surface area contributed by atoms with Crippen molar-refractivity contribution in [1.82, 2.24) is 9.47 Å². The predicted octanol–water partition coefficient (Wildman–Crippen LogP) is 6.93. The number of likely N-dealkylation sites (N-methyl/N-ethyl adjacent to an activating group) is 1. The molecule has 0 aliphatic rings. The van der Waals surface area contributed by atoms with Crippen LogP contribution in [0.5, 0.6) is 0 Å². The molecule has 194 valence electrons. The van der Waals surface area contributed by atoms with Gasteiger partial charge in [-0.1, -0.05) is 50.8 Å². The van der Waals surface area contributed by atoms with E-state index in [1.54, 1.807) is 14.2 Å². The quantitative estimate of drug-likeness (QED) is 0.241. The Morgan fingerprint density at radius 2 is 1.73 bits per heavy atom. The Hall–Kier alpha value is -3.67. The number of hydrogen-bond donors (Lipinski definition) is 1. The second kappa shape index (κ2) is 13.6. The highest BCUT2D eigenvalue weighted by molar-refractivity contribution is 5.91. The van der Waals surface area contributed by atoms with Crippen LogP contribution in [0.25, 0.3) is 16.6 Å². The fourth-order valence-electron chi connectivity index (χ4n) is 4.30. The number of carbonyl (C=O) groups is 1. The monoisotopic (exact) mass is 497 g/mol. The summed E-state index contributed by atoms with van der Waals surface area (Å²) in [7, 11) is 5.36. The maximum Gasteiger partial charge on any atom is 0.150 e. The zero-order valence-corrected chi connectivity index (χ0v) is 22.7. The van der Waals surface area contributed by atoms with E-state index in [0.717, 1.165) is 53.8 Å². The normalized spacial score (nSPS) is 10.9. The molecule has 1 heterocycles. The lowest BCUT2D eigenvalue weighted by atomic mass is 10.0. The van der Waals surface area contributed by atoms with Crippen molar-refractivity contribution in [1.29, 1.82) is 0 Å². The molecule has 0 fully saturated rings. The molecule has 0 saturated heterocycles. The molecular formula is C32H39N3O2. The third kappa shape index (κ3) is 7.66. The van der Waals surface area contributed by atoms with Gasteiger partial charge in [0, 0.05) is 61.5 Å². The summed E-state index contributed by atoms with van der Waals surface area (Å²) in [6.07, 6.45) is 4.00. The van der Waals surface area contributed by atoms with E-state index in [1.165, 1.54) is 11.1 Å². The molecule has 4 aromatic rings. The fourth-order valence-corrected chi connectivity index (χ4v) is 4.30. The van der Waals surface area contributed by atoms with Gasteiger partial charge in [0.2, 0.25) is 0 Å². The largest absolute Gasteiger partial charge is 0.388 e. The van der Waals surface area contributed by atoms with Crippen molar-refractivity contribution in [2.45, 2.75) is 26.2 Å². The summed E-state index contributed by atoms with van der Waals surface area (Å²) in [5, 5.41) is 4.56. The molecule has 0 bridgehead atoms. The number of hydrogen-bond acceptors (Lipinski definition) is 4. The van der Waals surface area contributed by atoms with Crippen LogP contribution < -0.4 is 5.32 Å². The zero-order chi connectivity index (χ0) is 26.8. The van der Waals surface area contributed by atoms with Gasteiger partial charge in [-0.3, -0.25) is 4.79 Å².